The van der Waals surface area contributed by atoms with Crippen molar-refractivity contribution < 1.29 is 4.79 Å². The molecule has 1 rings (SSSR count). The number of imidazole rings is 1. The molecule has 0 fully saturated rings. The van der Waals surface area contributed by atoms with Gasteiger partial charge in [-0.05, 0) is 6.92 Å². The lowest BCUT2D eigenvalue weighted by Gasteiger charge is -1.93. The van der Waals surface area contributed by atoms with Crippen molar-refractivity contribution in [3.63, 3.8) is 0 Å². The zero-order chi connectivity index (χ0) is 8.27. The van der Waals surface area contributed by atoms with E-state index in [1.807, 2.05) is 11.5 Å². The van der Waals surface area contributed by atoms with Crippen molar-refractivity contribution in [3.8, 4) is 0 Å². The molecule has 0 saturated heterocycles. The van der Waals surface area contributed by atoms with E-state index in [2.05, 4.69) is 10.3 Å². The molecular formula is C7H11N3O. The molecule has 4 nitrogen and oxygen atoms in total. The molecule has 1 heterocycles. The average Bonchev–Trinajstić information content (AvgIpc) is 2.34. The van der Waals surface area contributed by atoms with Crippen molar-refractivity contribution in [1.29, 1.82) is 0 Å². The van der Waals surface area contributed by atoms with E-state index in [1.54, 1.807) is 12.5 Å². The lowest BCUT2D eigenvalue weighted by molar-refractivity contribution is -0.114. The Labute approximate surface area is 65.2 Å². The van der Waals surface area contributed by atoms with Crippen LogP contribution in [0, 0.1) is 0 Å². The number of aromatic nitrogens is 2. The Kier molecular flexibility index (Phi) is 2.25. The number of hydrogen-bond acceptors (Lipinski definition) is 2. The molecule has 1 amide bonds. The van der Waals surface area contributed by atoms with Crippen LogP contribution in [0.3, 0.4) is 0 Å². The van der Waals surface area contributed by atoms with Crippen LogP contribution in [0.25, 0.3) is 0 Å². The Bertz CT molecular complexity index is 254. The quantitative estimate of drug-likeness (QED) is 0.685. The van der Waals surface area contributed by atoms with Crippen molar-refractivity contribution in [3.05, 3.63) is 12.5 Å². The van der Waals surface area contributed by atoms with Gasteiger partial charge in [0.05, 0.1) is 6.33 Å². The predicted molar refractivity (Wildman–Crippen MR) is 42.2 cm³/mol. The summed E-state index contributed by atoms with van der Waals surface area (Å²) >= 11 is 0. The molecule has 0 saturated carbocycles. The molecule has 4 heteroatoms. The lowest BCUT2D eigenvalue weighted by atomic mass is 10.6. The Balaban J connectivity index is 2.65. The Morgan fingerprint density at radius 2 is 2.55 bits per heavy atom. The minimum atomic E-state index is -0.0913. The maximum Gasteiger partial charge on any atom is 0.222 e. The first-order valence-corrected chi connectivity index (χ1v) is 3.51. The highest BCUT2D eigenvalue weighted by Crippen LogP contribution is 2.01. The fraction of sp³-hybridized carbons (Fsp3) is 0.429. The highest BCUT2D eigenvalue weighted by atomic mass is 16.1. The minimum absolute atomic E-state index is 0.0913. The molecule has 0 aliphatic rings. The second-order valence-corrected chi connectivity index (χ2v) is 2.27. The fourth-order valence-electron chi connectivity index (χ4n) is 0.778. The largest absolute Gasteiger partial charge is 0.336 e. The van der Waals surface area contributed by atoms with Gasteiger partial charge in [0.25, 0.3) is 0 Å². The number of amides is 1. The van der Waals surface area contributed by atoms with Gasteiger partial charge in [-0.25, -0.2) is 4.98 Å². The maximum atomic E-state index is 10.6. The summed E-state index contributed by atoms with van der Waals surface area (Å²) in [4.78, 5) is 14.5. The van der Waals surface area contributed by atoms with Gasteiger partial charge in [-0.15, -0.1) is 0 Å². The number of aryl methyl sites for hydroxylation is 1. The monoisotopic (exact) mass is 153 g/mol. The summed E-state index contributed by atoms with van der Waals surface area (Å²) in [5.74, 6) is 0.519. The van der Waals surface area contributed by atoms with Gasteiger partial charge in [0.15, 0.2) is 5.82 Å². The van der Waals surface area contributed by atoms with Gasteiger partial charge >= 0.3 is 0 Å². The summed E-state index contributed by atoms with van der Waals surface area (Å²) < 4.78 is 1.89. The number of rotatable bonds is 2. The van der Waals surface area contributed by atoms with Gasteiger partial charge in [0.2, 0.25) is 5.91 Å². The normalized spacial score (nSPS) is 9.64. The zero-order valence-electron chi connectivity index (χ0n) is 6.66. The van der Waals surface area contributed by atoms with E-state index in [9.17, 15) is 4.79 Å². The molecule has 0 aliphatic carbocycles. The molecule has 1 aromatic heterocycles. The molecule has 60 valence electrons. The van der Waals surface area contributed by atoms with Crippen molar-refractivity contribution in [2.45, 2.75) is 20.4 Å². The summed E-state index contributed by atoms with van der Waals surface area (Å²) in [6.45, 7) is 4.34. The molecule has 11 heavy (non-hydrogen) atoms. The van der Waals surface area contributed by atoms with E-state index in [-0.39, 0.29) is 5.91 Å². The number of carbonyl (C=O) groups excluding carboxylic acids is 1. The molecule has 0 atom stereocenters. The van der Waals surface area contributed by atoms with Crippen molar-refractivity contribution in [2.75, 3.05) is 5.32 Å². The van der Waals surface area contributed by atoms with Crippen molar-refractivity contribution >= 4 is 11.7 Å². The van der Waals surface area contributed by atoms with Crippen LogP contribution in [0.2, 0.25) is 0 Å². The summed E-state index contributed by atoms with van der Waals surface area (Å²) in [7, 11) is 0. The summed E-state index contributed by atoms with van der Waals surface area (Å²) in [5, 5.41) is 2.59. The van der Waals surface area contributed by atoms with Gasteiger partial charge in [0.1, 0.15) is 0 Å². The Hall–Kier alpha value is -1.32. The molecule has 0 unspecified atom stereocenters. The molecule has 1 aromatic rings. The molecular weight excluding hydrogens is 142 g/mol. The average molecular weight is 153 g/mol. The summed E-state index contributed by atoms with van der Waals surface area (Å²) in [6, 6.07) is 0. The van der Waals surface area contributed by atoms with Gasteiger partial charge in [-0.2, -0.15) is 0 Å². The molecule has 0 spiro atoms. The standard InChI is InChI=1S/C7H11N3O/c1-3-10-4-7(8-5-10)9-6(2)11/h4-5H,3H2,1-2H3,(H,9,11). The van der Waals surface area contributed by atoms with Gasteiger partial charge in [-0.1, -0.05) is 0 Å². The Morgan fingerprint density at radius 3 is 3.00 bits per heavy atom. The van der Waals surface area contributed by atoms with Crippen LogP contribution in [0.15, 0.2) is 12.5 Å². The third-order valence-electron chi connectivity index (χ3n) is 1.30. The van der Waals surface area contributed by atoms with Gasteiger partial charge in [-0.3, -0.25) is 4.79 Å². The van der Waals surface area contributed by atoms with Crippen molar-refractivity contribution in [1.82, 2.24) is 9.55 Å². The van der Waals surface area contributed by atoms with E-state index in [4.69, 9.17) is 0 Å². The third-order valence-corrected chi connectivity index (χ3v) is 1.30. The topological polar surface area (TPSA) is 46.9 Å². The van der Waals surface area contributed by atoms with E-state index in [0.717, 1.165) is 6.54 Å². The van der Waals surface area contributed by atoms with Crippen LogP contribution in [0.1, 0.15) is 13.8 Å². The maximum absolute atomic E-state index is 10.6. The molecule has 0 radical (unpaired) electrons. The first-order chi connectivity index (χ1) is 5.22. The SMILES string of the molecule is CCn1cnc(NC(C)=O)c1. The summed E-state index contributed by atoms with van der Waals surface area (Å²) in [5.41, 5.74) is 0. The summed E-state index contributed by atoms with van der Waals surface area (Å²) in [6.07, 6.45) is 3.48. The number of anilines is 1. The van der Waals surface area contributed by atoms with Crippen LogP contribution in [-0.2, 0) is 11.3 Å². The highest BCUT2D eigenvalue weighted by molar-refractivity contribution is 5.87. The van der Waals surface area contributed by atoms with Crippen LogP contribution in [-0.4, -0.2) is 15.5 Å². The predicted octanol–water partition coefficient (Wildman–Crippen LogP) is 0.861. The van der Waals surface area contributed by atoms with Crippen LogP contribution < -0.4 is 5.32 Å². The number of nitrogens with zero attached hydrogens (tertiary/aromatic N) is 2. The number of carbonyl (C=O) groups is 1. The van der Waals surface area contributed by atoms with Crippen LogP contribution >= 0.6 is 0 Å². The van der Waals surface area contributed by atoms with E-state index < -0.39 is 0 Å². The van der Waals surface area contributed by atoms with Crippen LogP contribution in [0.4, 0.5) is 5.82 Å². The molecule has 1 N–H and O–H groups in total. The number of nitrogens with one attached hydrogen (secondary N) is 1. The first kappa shape index (κ1) is 7.78. The second kappa shape index (κ2) is 3.18. The van der Waals surface area contributed by atoms with Crippen LogP contribution in [0.5, 0.6) is 0 Å². The van der Waals surface area contributed by atoms with E-state index in [1.165, 1.54) is 6.92 Å². The molecule has 0 aliphatic heterocycles. The van der Waals surface area contributed by atoms with E-state index in [0.29, 0.717) is 5.82 Å². The molecule has 0 bridgehead atoms. The Morgan fingerprint density at radius 1 is 1.82 bits per heavy atom. The van der Waals surface area contributed by atoms with Gasteiger partial charge < -0.3 is 9.88 Å². The third kappa shape index (κ3) is 2.07. The molecule has 0 aromatic carbocycles. The lowest BCUT2D eigenvalue weighted by Crippen LogP contribution is -2.05. The number of hydrogen-bond donors (Lipinski definition) is 1. The highest BCUT2D eigenvalue weighted by Gasteiger charge is 1.97. The minimum Gasteiger partial charge on any atom is -0.336 e. The zero-order valence-corrected chi connectivity index (χ0v) is 6.66. The fourth-order valence-corrected chi connectivity index (χ4v) is 0.778. The van der Waals surface area contributed by atoms with Gasteiger partial charge in [0, 0.05) is 19.7 Å². The smallest absolute Gasteiger partial charge is 0.222 e. The van der Waals surface area contributed by atoms with Crippen molar-refractivity contribution in [2.24, 2.45) is 0 Å². The second-order valence-electron chi connectivity index (χ2n) is 2.27. The first-order valence-electron chi connectivity index (χ1n) is 3.51. The van der Waals surface area contributed by atoms with E-state index >= 15 is 0 Å².